The van der Waals surface area contributed by atoms with E-state index in [0.29, 0.717) is 0 Å². The molecule has 10 heavy (non-hydrogen) atoms. The van der Waals surface area contributed by atoms with Crippen LogP contribution < -0.4 is 0 Å². The van der Waals surface area contributed by atoms with Gasteiger partial charge in [-0.3, -0.25) is 0 Å². The number of allylic oxidation sites excluding steroid dienone is 2. The molecule has 0 aromatic heterocycles. The maximum Gasteiger partial charge on any atom is -0.0279 e. The molecule has 0 bridgehead atoms. The summed E-state index contributed by atoms with van der Waals surface area (Å²) in [6, 6.07) is 0. The molecule has 0 fully saturated rings. The number of hydrogen-bond donors (Lipinski definition) is 0. The maximum absolute atomic E-state index is 3.27. The average molecular weight is 139 g/mol. The highest BCUT2D eigenvalue weighted by molar-refractivity contribution is 4.70. The highest BCUT2D eigenvalue weighted by atomic mass is 13.9. The van der Waals surface area contributed by atoms with Crippen LogP contribution in [0, 0.1) is 6.08 Å². The van der Waals surface area contributed by atoms with E-state index < -0.39 is 0 Å². The molecule has 0 unspecified atom stereocenters. The Balaban J connectivity index is 2.83. The Hall–Kier alpha value is -0.260. The van der Waals surface area contributed by atoms with E-state index in [9.17, 15) is 0 Å². The third-order valence-corrected chi connectivity index (χ3v) is 1.52. The third-order valence-electron chi connectivity index (χ3n) is 1.52. The molecule has 0 aromatic carbocycles. The first kappa shape index (κ1) is 9.74. The van der Waals surface area contributed by atoms with E-state index in [4.69, 9.17) is 0 Å². The minimum atomic E-state index is 1.13. The summed E-state index contributed by atoms with van der Waals surface area (Å²) < 4.78 is 0. The Morgan fingerprint density at radius 3 is 2.50 bits per heavy atom. The average Bonchev–Trinajstić information content (AvgIpc) is 1.97. The second kappa shape index (κ2) is 8.74. The summed E-state index contributed by atoms with van der Waals surface area (Å²) in [5.74, 6) is 0. The fourth-order valence-corrected chi connectivity index (χ4v) is 0.900. The Kier molecular flexibility index (Phi) is 8.51. The van der Waals surface area contributed by atoms with Gasteiger partial charge in [0.05, 0.1) is 0 Å². The fraction of sp³-hybridized carbons (Fsp3) is 0.800. The van der Waals surface area contributed by atoms with E-state index in [1.54, 1.807) is 0 Å². The summed E-state index contributed by atoms with van der Waals surface area (Å²) in [4.78, 5) is 0. The second-order valence-electron chi connectivity index (χ2n) is 2.63. The minimum Gasteiger partial charge on any atom is -0.0813 e. The molecule has 0 heteroatoms. The zero-order chi connectivity index (χ0) is 7.66. The number of unbranched alkanes of at least 4 members (excludes halogenated alkanes) is 4. The van der Waals surface area contributed by atoms with Gasteiger partial charge in [0.15, 0.2) is 0 Å². The van der Waals surface area contributed by atoms with Crippen molar-refractivity contribution in [2.45, 2.75) is 52.4 Å². The Morgan fingerprint density at radius 1 is 1.10 bits per heavy atom. The predicted molar refractivity (Wildman–Crippen MR) is 46.9 cm³/mol. The molecule has 0 nitrogen and oxygen atoms in total. The Morgan fingerprint density at radius 2 is 1.90 bits per heavy atom. The quantitative estimate of drug-likeness (QED) is 0.492. The van der Waals surface area contributed by atoms with E-state index >= 15 is 0 Å². The van der Waals surface area contributed by atoms with Gasteiger partial charge in [-0.15, -0.1) is 0 Å². The maximum atomic E-state index is 3.27. The van der Waals surface area contributed by atoms with E-state index in [0.717, 1.165) is 12.8 Å². The van der Waals surface area contributed by atoms with Gasteiger partial charge < -0.3 is 0 Å². The second-order valence-corrected chi connectivity index (χ2v) is 2.63. The van der Waals surface area contributed by atoms with Crippen LogP contribution in [0.5, 0.6) is 0 Å². The smallest absolute Gasteiger partial charge is 0.0279 e. The summed E-state index contributed by atoms with van der Waals surface area (Å²) in [6.07, 6.45) is 13.1. The molecule has 0 rings (SSSR count). The van der Waals surface area contributed by atoms with Crippen molar-refractivity contribution >= 4 is 0 Å². The first-order valence-electron chi connectivity index (χ1n) is 4.46. The molecule has 0 saturated heterocycles. The van der Waals surface area contributed by atoms with Crippen LogP contribution in [-0.2, 0) is 0 Å². The van der Waals surface area contributed by atoms with Gasteiger partial charge >= 0.3 is 0 Å². The van der Waals surface area contributed by atoms with Crippen LogP contribution in [0.2, 0.25) is 0 Å². The van der Waals surface area contributed by atoms with Crippen molar-refractivity contribution in [2.75, 3.05) is 0 Å². The predicted octanol–water partition coefficient (Wildman–Crippen LogP) is 3.73. The molecule has 0 aliphatic rings. The summed E-state index contributed by atoms with van der Waals surface area (Å²) in [5.41, 5.74) is 0. The molecule has 0 amide bonds. The molecule has 59 valence electrons. The van der Waals surface area contributed by atoms with Crippen LogP contribution in [0.1, 0.15) is 52.4 Å². The first-order valence-corrected chi connectivity index (χ1v) is 4.46. The van der Waals surface area contributed by atoms with Gasteiger partial charge in [0.2, 0.25) is 0 Å². The lowest BCUT2D eigenvalue weighted by molar-refractivity contribution is 0.669. The summed E-state index contributed by atoms with van der Waals surface area (Å²) in [6.45, 7) is 4.39. The Bertz CT molecular complexity index is 72.1. The lowest BCUT2D eigenvalue weighted by Crippen LogP contribution is -1.73. The van der Waals surface area contributed by atoms with Crippen LogP contribution in [-0.4, -0.2) is 0 Å². The molecular formula is C10H19. The molecule has 0 heterocycles. The normalized spacial score (nSPS) is 11.0. The lowest BCUT2D eigenvalue weighted by Gasteiger charge is -1.92. The summed E-state index contributed by atoms with van der Waals surface area (Å²) in [7, 11) is 0. The molecule has 0 aliphatic carbocycles. The third kappa shape index (κ3) is 7.74. The largest absolute Gasteiger partial charge is 0.0813 e. The summed E-state index contributed by atoms with van der Waals surface area (Å²) in [5, 5.41) is 0. The van der Waals surface area contributed by atoms with Gasteiger partial charge in [0.1, 0.15) is 0 Å². The van der Waals surface area contributed by atoms with Crippen molar-refractivity contribution in [1.29, 1.82) is 0 Å². The van der Waals surface area contributed by atoms with E-state index in [1.165, 1.54) is 25.7 Å². The van der Waals surface area contributed by atoms with Gasteiger partial charge in [0, 0.05) is 0 Å². The molecule has 0 saturated carbocycles. The van der Waals surface area contributed by atoms with Crippen LogP contribution in [0.4, 0.5) is 0 Å². The SMILES string of the molecule is CC/C=[C]/CCCCCC. The van der Waals surface area contributed by atoms with Crippen molar-refractivity contribution in [3.8, 4) is 0 Å². The van der Waals surface area contributed by atoms with Gasteiger partial charge in [-0.2, -0.15) is 0 Å². The monoisotopic (exact) mass is 139 g/mol. The number of rotatable bonds is 6. The van der Waals surface area contributed by atoms with Gasteiger partial charge in [0.25, 0.3) is 0 Å². The van der Waals surface area contributed by atoms with Gasteiger partial charge in [-0.25, -0.2) is 0 Å². The van der Waals surface area contributed by atoms with Crippen molar-refractivity contribution in [1.82, 2.24) is 0 Å². The summed E-state index contributed by atoms with van der Waals surface area (Å²) >= 11 is 0. The van der Waals surface area contributed by atoms with E-state index in [2.05, 4.69) is 26.0 Å². The van der Waals surface area contributed by atoms with Crippen LogP contribution in [0.25, 0.3) is 0 Å². The van der Waals surface area contributed by atoms with Crippen LogP contribution >= 0.6 is 0 Å². The van der Waals surface area contributed by atoms with Crippen LogP contribution in [0.3, 0.4) is 0 Å². The highest BCUT2D eigenvalue weighted by Gasteiger charge is 1.83. The lowest BCUT2D eigenvalue weighted by atomic mass is 10.1. The first-order chi connectivity index (χ1) is 4.91. The molecule has 0 spiro atoms. The Labute approximate surface area is 65.3 Å². The topological polar surface area (TPSA) is 0 Å². The van der Waals surface area contributed by atoms with Crippen molar-refractivity contribution in [2.24, 2.45) is 0 Å². The molecule has 0 N–H and O–H groups in total. The zero-order valence-corrected chi connectivity index (χ0v) is 7.32. The fourth-order valence-electron chi connectivity index (χ4n) is 0.900. The minimum absolute atomic E-state index is 1.13. The van der Waals surface area contributed by atoms with Gasteiger partial charge in [-0.05, 0) is 25.3 Å². The zero-order valence-electron chi connectivity index (χ0n) is 7.32. The van der Waals surface area contributed by atoms with Crippen LogP contribution in [0.15, 0.2) is 6.08 Å². The van der Waals surface area contributed by atoms with Crippen molar-refractivity contribution in [3.63, 3.8) is 0 Å². The highest BCUT2D eigenvalue weighted by Crippen LogP contribution is 2.02. The van der Waals surface area contributed by atoms with E-state index in [-0.39, 0.29) is 0 Å². The van der Waals surface area contributed by atoms with E-state index in [1.807, 2.05) is 0 Å². The molecule has 1 radical (unpaired) electrons. The molecular weight excluding hydrogens is 120 g/mol. The molecule has 0 aromatic rings. The van der Waals surface area contributed by atoms with Gasteiger partial charge in [-0.1, -0.05) is 39.2 Å². The molecule has 0 atom stereocenters. The standard InChI is InChI=1S/C10H19/c1-3-5-7-9-10-8-6-4-2/h5H,3-4,6,8-10H2,1-2H3. The number of hydrogen-bond acceptors (Lipinski definition) is 0. The van der Waals surface area contributed by atoms with Crippen molar-refractivity contribution in [3.05, 3.63) is 12.2 Å². The van der Waals surface area contributed by atoms with Crippen molar-refractivity contribution < 1.29 is 0 Å². The molecule has 0 aliphatic heterocycles.